The van der Waals surface area contributed by atoms with Crippen molar-refractivity contribution in [2.24, 2.45) is 5.92 Å². The third-order valence-electron chi connectivity index (χ3n) is 2.79. The average molecular weight is 216 g/mol. The van der Waals surface area contributed by atoms with E-state index in [-0.39, 0.29) is 25.0 Å². The van der Waals surface area contributed by atoms with Crippen LogP contribution in [0.4, 0.5) is 0 Å². The second-order valence-corrected chi connectivity index (χ2v) is 4.41. The van der Waals surface area contributed by atoms with E-state index in [1.54, 1.807) is 6.92 Å². The lowest BCUT2D eigenvalue weighted by molar-refractivity contribution is -0.128. The van der Waals surface area contributed by atoms with Crippen molar-refractivity contribution in [2.45, 2.75) is 25.3 Å². The number of aliphatic hydroxyl groups excluding tert-OH is 2. The molecule has 4 N–H and O–H groups in total. The van der Waals surface area contributed by atoms with Crippen LogP contribution in [0.1, 0.15) is 19.8 Å². The lowest BCUT2D eigenvalue weighted by Crippen LogP contribution is -2.55. The van der Waals surface area contributed by atoms with Gasteiger partial charge in [-0.05, 0) is 26.3 Å². The van der Waals surface area contributed by atoms with Gasteiger partial charge in [-0.1, -0.05) is 0 Å². The van der Waals surface area contributed by atoms with Gasteiger partial charge in [0.2, 0.25) is 5.91 Å². The van der Waals surface area contributed by atoms with Crippen molar-refractivity contribution in [3.63, 3.8) is 0 Å². The Labute approximate surface area is 89.9 Å². The monoisotopic (exact) mass is 216 g/mol. The maximum atomic E-state index is 11.8. The average Bonchev–Trinajstić information content (AvgIpc) is 2.30. The second kappa shape index (κ2) is 5.44. The number of hydrogen-bond acceptors (Lipinski definition) is 4. The molecule has 1 aliphatic rings. The Balaban J connectivity index is 2.46. The number of nitrogens with one attached hydrogen (secondary N) is 2. The molecule has 0 bridgehead atoms. The van der Waals surface area contributed by atoms with Crippen LogP contribution in [-0.4, -0.2) is 48.0 Å². The fourth-order valence-electron chi connectivity index (χ4n) is 1.60. The van der Waals surface area contributed by atoms with Gasteiger partial charge in [-0.15, -0.1) is 0 Å². The molecule has 0 radical (unpaired) electrons. The minimum atomic E-state index is -0.908. The van der Waals surface area contributed by atoms with Crippen LogP contribution in [-0.2, 0) is 4.79 Å². The maximum absolute atomic E-state index is 11.8. The zero-order valence-electron chi connectivity index (χ0n) is 9.12. The molecular weight excluding hydrogens is 196 g/mol. The lowest BCUT2D eigenvalue weighted by atomic mass is 9.96. The predicted octanol–water partition coefficient (Wildman–Crippen LogP) is -1.15. The highest BCUT2D eigenvalue weighted by atomic mass is 16.3. The summed E-state index contributed by atoms with van der Waals surface area (Å²) >= 11 is 0. The van der Waals surface area contributed by atoms with E-state index in [4.69, 9.17) is 10.2 Å². The molecule has 0 aliphatic carbocycles. The van der Waals surface area contributed by atoms with Gasteiger partial charge in [-0.3, -0.25) is 4.79 Å². The first kappa shape index (κ1) is 12.4. The zero-order chi connectivity index (χ0) is 11.3. The van der Waals surface area contributed by atoms with Gasteiger partial charge < -0.3 is 20.8 Å². The maximum Gasteiger partial charge on any atom is 0.224 e. The number of amides is 1. The van der Waals surface area contributed by atoms with Crippen molar-refractivity contribution in [3.05, 3.63) is 0 Å². The smallest absolute Gasteiger partial charge is 0.224 e. The first-order valence-corrected chi connectivity index (χ1v) is 5.36. The van der Waals surface area contributed by atoms with E-state index in [0.717, 1.165) is 19.4 Å². The molecule has 0 aromatic carbocycles. The molecule has 1 fully saturated rings. The second-order valence-electron chi connectivity index (χ2n) is 4.41. The number of carbonyl (C=O) groups is 1. The minimum Gasteiger partial charge on any atom is -0.394 e. The van der Waals surface area contributed by atoms with E-state index in [2.05, 4.69) is 10.6 Å². The highest BCUT2D eigenvalue weighted by molar-refractivity contribution is 5.79. The van der Waals surface area contributed by atoms with Crippen LogP contribution in [0.2, 0.25) is 0 Å². The fraction of sp³-hybridized carbons (Fsp3) is 0.900. The van der Waals surface area contributed by atoms with Gasteiger partial charge in [-0.25, -0.2) is 0 Å². The van der Waals surface area contributed by atoms with Crippen LogP contribution in [0.3, 0.4) is 0 Å². The summed E-state index contributed by atoms with van der Waals surface area (Å²) in [5.74, 6) is -0.135. The van der Waals surface area contributed by atoms with Gasteiger partial charge in [0.15, 0.2) is 0 Å². The van der Waals surface area contributed by atoms with E-state index in [1.165, 1.54) is 0 Å². The molecule has 1 rings (SSSR count). The van der Waals surface area contributed by atoms with E-state index < -0.39 is 5.54 Å². The van der Waals surface area contributed by atoms with E-state index in [1.807, 2.05) is 0 Å². The van der Waals surface area contributed by atoms with Crippen molar-refractivity contribution in [3.8, 4) is 0 Å². The number of rotatable bonds is 4. The van der Waals surface area contributed by atoms with Crippen molar-refractivity contribution >= 4 is 5.91 Å². The van der Waals surface area contributed by atoms with Gasteiger partial charge in [-0.2, -0.15) is 0 Å². The van der Waals surface area contributed by atoms with Crippen molar-refractivity contribution in [1.82, 2.24) is 10.6 Å². The fourth-order valence-corrected chi connectivity index (χ4v) is 1.60. The van der Waals surface area contributed by atoms with Crippen LogP contribution >= 0.6 is 0 Å². The summed E-state index contributed by atoms with van der Waals surface area (Å²) in [5, 5.41) is 23.9. The standard InChI is InChI=1S/C10H20N2O3/c1-10(6-13,7-14)12-9(15)8-3-2-4-11-5-8/h8,11,13-14H,2-7H2,1H3,(H,12,15)/t8-/m0/s1. The van der Waals surface area contributed by atoms with E-state index >= 15 is 0 Å². The van der Waals surface area contributed by atoms with Gasteiger partial charge in [0.05, 0.1) is 24.7 Å². The quantitative estimate of drug-likeness (QED) is 0.478. The molecule has 0 spiro atoms. The molecule has 0 aromatic heterocycles. The van der Waals surface area contributed by atoms with Crippen LogP contribution in [0, 0.1) is 5.92 Å². The first-order valence-electron chi connectivity index (χ1n) is 5.36. The highest BCUT2D eigenvalue weighted by Gasteiger charge is 2.29. The van der Waals surface area contributed by atoms with E-state index in [0.29, 0.717) is 6.54 Å². The molecule has 88 valence electrons. The summed E-state index contributed by atoms with van der Waals surface area (Å²) in [7, 11) is 0. The summed E-state index contributed by atoms with van der Waals surface area (Å²) in [5.41, 5.74) is -0.908. The third-order valence-corrected chi connectivity index (χ3v) is 2.79. The molecule has 1 saturated heterocycles. The van der Waals surface area contributed by atoms with Gasteiger partial charge >= 0.3 is 0 Å². The largest absolute Gasteiger partial charge is 0.394 e. The first-order chi connectivity index (χ1) is 7.11. The molecule has 1 heterocycles. The zero-order valence-corrected chi connectivity index (χ0v) is 9.12. The van der Waals surface area contributed by atoms with Crippen LogP contribution in [0.25, 0.3) is 0 Å². The molecule has 0 unspecified atom stereocenters. The molecule has 15 heavy (non-hydrogen) atoms. The number of hydrogen-bond donors (Lipinski definition) is 4. The Morgan fingerprint density at radius 3 is 2.67 bits per heavy atom. The molecular formula is C10H20N2O3. The summed E-state index contributed by atoms with van der Waals surface area (Å²) in [6.07, 6.45) is 1.86. The predicted molar refractivity (Wildman–Crippen MR) is 56.3 cm³/mol. The Hall–Kier alpha value is -0.650. The van der Waals surface area contributed by atoms with Gasteiger partial charge in [0.1, 0.15) is 0 Å². The molecule has 0 aromatic rings. The molecule has 1 amide bonds. The highest BCUT2D eigenvalue weighted by Crippen LogP contribution is 2.12. The number of piperidine rings is 1. The van der Waals surface area contributed by atoms with Crippen LogP contribution in [0.5, 0.6) is 0 Å². The van der Waals surface area contributed by atoms with Crippen molar-refractivity contribution < 1.29 is 15.0 Å². The summed E-state index contributed by atoms with van der Waals surface area (Å²) < 4.78 is 0. The van der Waals surface area contributed by atoms with Crippen LogP contribution < -0.4 is 10.6 Å². The molecule has 5 nitrogen and oxygen atoms in total. The number of aliphatic hydroxyl groups is 2. The minimum absolute atomic E-state index is 0.0452. The van der Waals surface area contributed by atoms with Crippen molar-refractivity contribution in [1.29, 1.82) is 0 Å². The normalized spacial score (nSPS) is 22.5. The molecule has 1 aliphatic heterocycles. The molecule has 0 saturated carbocycles. The summed E-state index contributed by atoms with van der Waals surface area (Å²) in [6, 6.07) is 0. The molecule has 1 atom stereocenters. The Morgan fingerprint density at radius 2 is 2.20 bits per heavy atom. The van der Waals surface area contributed by atoms with Gasteiger partial charge in [0, 0.05) is 6.54 Å². The summed E-state index contributed by atoms with van der Waals surface area (Å²) in [4.78, 5) is 11.8. The SMILES string of the molecule is CC(CO)(CO)NC(=O)[C@H]1CCCNC1. The summed E-state index contributed by atoms with van der Waals surface area (Å²) in [6.45, 7) is 2.76. The topological polar surface area (TPSA) is 81.6 Å². The third kappa shape index (κ3) is 3.44. The Morgan fingerprint density at radius 1 is 1.53 bits per heavy atom. The van der Waals surface area contributed by atoms with Gasteiger partial charge in [0.25, 0.3) is 0 Å². The molecule has 5 heteroatoms. The Bertz CT molecular complexity index is 211. The Kier molecular flexibility index (Phi) is 4.50. The lowest BCUT2D eigenvalue weighted by Gasteiger charge is -2.30. The van der Waals surface area contributed by atoms with Crippen LogP contribution in [0.15, 0.2) is 0 Å². The number of carbonyl (C=O) groups excluding carboxylic acids is 1. The van der Waals surface area contributed by atoms with Crippen molar-refractivity contribution in [2.75, 3.05) is 26.3 Å². The van der Waals surface area contributed by atoms with E-state index in [9.17, 15) is 4.79 Å².